The second-order valence-corrected chi connectivity index (χ2v) is 11.4. The van der Waals surface area contributed by atoms with Gasteiger partial charge in [-0.3, -0.25) is 19.2 Å². The minimum Gasteiger partial charge on any atom is -0.461 e. The number of aromatic nitrogens is 1. The molecule has 37 heavy (non-hydrogen) atoms. The number of amides is 3. The van der Waals surface area contributed by atoms with Gasteiger partial charge in [-0.25, -0.2) is 4.98 Å². The second-order valence-electron chi connectivity index (χ2n) is 10.6. The number of likely N-dealkylation sites (tertiary alicyclic amines) is 1. The Morgan fingerprint density at radius 2 is 1.76 bits per heavy atom. The van der Waals surface area contributed by atoms with Crippen molar-refractivity contribution >= 4 is 35.0 Å². The van der Waals surface area contributed by atoms with E-state index in [1.807, 2.05) is 64.4 Å². The number of benzene rings is 1. The van der Waals surface area contributed by atoms with E-state index in [1.165, 1.54) is 18.7 Å². The average molecular weight is 529 g/mol. The summed E-state index contributed by atoms with van der Waals surface area (Å²) >= 11 is 1.58. The van der Waals surface area contributed by atoms with Gasteiger partial charge in [-0.15, -0.1) is 11.3 Å². The van der Waals surface area contributed by atoms with Crippen LogP contribution in [0.15, 0.2) is 29.8 Å². The molecule has 0 aliphatic carbocycles. The Morgan fingerprint density at radius 3 is 2.27 bits per heavy atom. The number of carbonyl (C=O) groups excluding carboxylic acids is 4. The van der Waals surface area contributed by atoms with Crippen LogP contribution in [-0.4, -0.2) is 58.3 Å². The van der Waals surface area contributed by atoms with Gasteiger partial charge in [0.2, 0.25) is 17.7 Å². The zero-order chi connectivity index (χ0) is 27.5. The molecule has 0 unspecified atom stereocenters. The summed E-state index contributed by atoms with van der Waals surface area (Å²) in [5.74, 6) is -1.53. The van der Waals surface area contributed by atoms with Crippen molar-refractivity contribution in [1.29, 1.82) is 0 Å². The maximum atomic E-state index is 13.6. The fourth-order valence-electron chi connectivity index (χ4n) is 4.52. The number of nitrogens with one attached hydrogen (secondary N) is 2. The summed E-state index contributed by atoms with van der Waals surface area (Å²) in [6.45, 7) is 12.1. The third-order valence-corrected chi connectivity index (χ3v) is 7.40. The van der Waals surface area contributed by atoms with Gasteiger partial charge in [-0.2, -0.15) is 0 Å². The number of nitrogens with zero attached hydrogens (tertiary/aromatic N) is 2. The predicted molar refractivity (Wildman–Crippen MR) is 142 cm³/mol. The molecule has 1 aromatic carbocycles. The third-order valence-electron chi connectivity index (χ3n) is 6.42. The van der Waals surface area contributed by atoms with Gasteiger partial charge in [-0.05, 0) is 30.4 Å². The second kappa shape index (κ2) is 11.4. The fraction of sp³-hybridized carbons (Fsp3) is 0.519. The van der Waals surface area contributed by atoms with Crippen LogP contribution in [0.4, 0.5) is 0 Å². The highest BCUT2D eigenvalue weighted by atomic mass is 32.1. The molecule has 2 N–H and O–H groups in total. The Hall–Kier alpha value is -3.27. The quantitative estimate of drug-likeness (QED) is 0.532. The number of ether oxygens (including phenoxy) is 1. The molecule has 1 fully saturated rings. The van der Waals surface area contributed by atoms with Crippen molar-refractivity contribution in [2.45, 2.75) is 79.1 Å². The standard InChI is InChI=1S/C27H36N4O5S/c1-15(19-8-10-20(11-9-19)23-16(2)28-14-37-23)29-25(34)22-12-21(36-18(4)33)13-31(22)26(35)24(27(5,6)7)30-17(3)32/h8-11,14-15,21-22,24H,12-13H2,1-7H3,(H,29,34)(H,30,32)/t15-,21+,22-,24+/m0/s1. The Morgan fingerprint density at radius 1 is 1.11 bits per heavy atom. The van der Waals surface area contributed by atoms with Crippen molar-refractivity contribution < 1.29 is 23.9 Å². The molecule has 2 aromatic rings. The number of aryl methyl sites for hydroxylation is 1. The van der Waals surface area contributed by atoms with Gasteiger partial charge >= 0.3 is 5.97 Å². The maximum absolute atomic E-state index is 13.6. The SMILES string of the molecule is CC(=O)N[C@H](C(=O)N1C[C@H](OC(C)=O)C[C@H]1C(=O)N[C@@H](C)c1ccc(-c2scnc2C)cc1)C(C)(C)C. The Bertz CT molecular complexity index is 1150. The summed E-state index contributed by atoms with van der Waals surface area (Å²) in [6, 6.07) is 5.94. The molecule has 200 valence electrons. The highest BCUT2D eigenvalue weighted by Gasteiger charge is 2.45. The van der Waals surface area contributed by atoms with Crippen molar-refractivity contribution in [3.8, 4) is 10.4 Å². The first-order valence-electron chi connectivity index (χ1n) is 12.3. The van der Waals surface area contributed by atoms with Crippen LogP contribution in [0.25, 0.3) is 10.4 Å². The molecule has 0 spiro atoms. The van der Waals surface area contributed by atoms with Crippen molar-refractivity contribution in [3.05, 3.63) is 41.0 Å². The molecule has 4 atom stereocenters. The lowest BCUT2D eigenvalue weighted by atomic mass is 9.85. The molecule has 1 aliphatic rings. The Balaban J connectivity index is 1.78. The first kappa shape index (κ1) is 28.3. The van der Waals surface area contributed by atoms with Gasteiger partial charge in [0.15, 0.2) is 0 Å². The molecule has 9 nitrogen and oxygen atoms in total. The number of hydrogen-bond acceptors (Lipinski definition) is 7. The molecule has 10 heteroatoms. The molecular weight excluding hydrogens is 492 g/mol. The normalized spacial score (nSPS) is 19.2. The van der Waals surface area contributed by atoms with Crippen LogP contribution in [-0.2, 0) is 23.9 Å². The number of thiazole rings is 1. The van der Waals surface area contributed by atoms with Crippen molar-refractivity contribution in [2.75, 3.05) is 6.54 Å². The van der Waals surface area contributed by atoms with Crippen molar-refractivity contribution in [2.24, 2.45) is 5.41 Å². The van der Waals surface area contributed by atoms with Crippen LogP contribution in [0, 0.1) is 12.3 Å². The van der Waals surface area contributed by atoms with Crippen LogP contribution < -0.4 is 10.6 Å². The highest BCUT2D eigenvalue weighted by Crippen LogP contribution is 2.30. The number of hydrogen-bond donors (Lipinski definition) is 2. The summed E-state index contributed by atoms with van der Waals surface area (Å²) in [6.07, 6.45) is -0.419. The number of rotatable bonds is 7. The first-order valence-corrected chi connectivity index (χ1v) is 13.2. The first-order chi connectivity index (χ1) is 17.3. The fourth-order valence-corrected chi connectivity index (χ4v) is 5.33. The van der Waals surface area contributed by atoms with E-state index in [0.29, 0.717) is 0 Å². The molecule has 3 rings (SSSR count). The maximum Gasteiger partial charge on any atom is 0.302 e. The lowest BCUT2D eigenvalue weighted by Crippen LogP contribution is -2.57. The summed E-state index contributed by atoms with van der Waals surface area (Å²) in [5, 5.41) is 5.74. The summed E-state index contributed by atoms with van der Waals surface area (Å²) in [5.41, 5.74) is 4.17. The lowest BCUT2D eigenvalue weighted by molar-refractivity contribution is -0.147. The molecular formula is C27H36N4O5S. The third kappa shape index (κ3) is 6.94. The van der Waals surface area contributed by atoms with E-state index in [2.05, 4.69) is 15.6 Å². The molecule has 0 radical (unpaired) electrons. The Labute approximate surface area is 222 Å². The van der Waals surface area contributed by atoms with E-state index in [1.54, 1.807) is 11.3 Å². The van der Waals surface area contributed by atoms with Gasteiger partial charge in [0.05, 0.1) is 28.7 Å². The Kier molecular flexibility index (Phi) is 8.73. The monoisotopic (exact) mass is 528 g/mol. The molecule has 3 amide bonds. The van der Waals surface area contributed by atoms with Gasteiger partial charge in [0.1, 0.15) is 18.2 Å². The van der Waals surface area contributed by atoms with Crippen molar-refractivity contribution in [1.82, 2.24) is 20.5 Å². The van der Waals surface area contributed by atoms with E-state index < -0.39 is 29.6 Å². The number of esters is 1. The van der Waals surface area contributed by atoms with E-state index >= 15 is 0 Å². The van der Waals surface area contributed by atoms with Gasteiger partial charge in [0, 0.05) is 20.3 Å². The van der Waals surface area contributed by atoms with Gasteiger partial charge in [0.25, 0.3) is 0 Å². The van der Waals surface area contributed by atoms with E-state index in [-0.39, 0.29) is 36.7 Å². The predicted octanol–water partition coefficient (Wildman–Crippen LogP) is 3.38. The van der Waals surface area contributed by atoms with Gasteiger partial charge in [-0.1, -0.05) is 45.0 Å². The van der Waals surface area contributed by atoms with E-state index in [0.717, 1.165) is 21.7 Å². The smallest absolute Gasteiger partial charge is 0.302 e. The van der Waals surface area contributed by atoms with Crippen LogP contribution >= 0.6 is 11.3 Å². The highest BCUT2D eigenvalue weighted by molar-refractivity contribution is 7.13. The van der Waals surface area contributed by atoms with Crippen LogP contribution in [0.2, 0.25) is 0 Å². The van der Waals surface area contributed by atoms with Crippen molar-refractivity contribution in [3.63, 3.8) is 0 Å². The van der Waals surface area contributed by atoms with Crippen LogP contribution in [0.5, 0.6) is 0 Å². The summed E-state index contributed by atoms with van der Waals surface area (Å²) in [7, 11) is 0. The van der Waals surface area contributed by atoms with E-state index in [9.17, 15) is 19.2 Å². The summed E-state index contributed by atoms with van der Waals surface area (Å²) in [4.78, 5) is 57.3. The average Bonchev–Trinajstić information content (AvgIpc) is 3.42. The number of carbonyl (C=O) groups is 4. The minimum atomic E-state index is -0.837. The summed E-state index contributed by atoms with van der Waals surface area (Å²) < 4.78 is 5.36. The molecule has 1 aromatic heterocycles. The van der Waals surface area contributed by atoms with Crippen LogP contribution in [0.3, 0.4) is 0 Å². The zero-order valence-electron chi connectivity index (χ0n) is 22.5. The minimum absolute atomic E-state index is 0.0833. The molecule has 1 saturated heterocycles. The van der Waals surface area contributed by atoms with Crippen LogP contribution in [0.1, 0.15) is 65.3 Å². The topological polar surface area (TPSA) is 118 Å². The molecule has 0 saturated carbocycles. The molecule has 0 bridgehead atoms. The van der Waals surface area contributed by atoms with Gasteiger partial charge < -0.3 is 20.3 Å². The zero-order valence-corrected chi connectivity index (χ0v) is 23.3. The lowest BCUT2D eigenvalue weighted by Gasteiger charge is -2.35. The largest absolute Gasteiger partial charge is 0.461 e. The molecule has 1 aliphatic heterocycles. The van der Waals surface area contributed by atoms with E-state index in [4.69, 9.17) is 4.74 Å². The molecule has 2 heterocycles.